The van der Waals surface area contributed by atoms with Crippen molar-refractivity contribution in [3.05, 3.63) is 17.5 Å². The minimum absolute atomic E-state index is 0.115. The van der Waals surface area contributed by atoms with Crippen LogP contribution in [0, 0.1) is 12.8 Å². The van der Waals surface area contributed by atoms with Crippen LogP contribution in [0.2, 0.25) is 0 Å². The molecule has 1 saturated carbocycles. The number of aryl methyl sites for hydroxylation is 1. The SMILES string of the molecule is Cc1cc(CN2C(=O)N[C@@]3(CCCC[C@H]3C)C2=O)no1. The van der Waals surface area contributed by atoms with Gasteiger partial charge in [0.1, 0.15) is 17.0 Å². The zero-order valence-electron chi connectivity index (χ0n) is 11.8. The fourth-order valence-corrected chi connectivity index (χ4v) is 3.29. The maximum Gasteiger partial charge on any atom is 0.325 e. The summed E-state index contributed by atoms with van der Waals surface area (Å²) in [6.07, 6.45) is 3.80. The molecule has 0 radical (unpaired) electrons. The van der Waals surface area contributed by atoms with E-state index in [4.69, 9.17) is 4.52 Å². The molecule has 1 saturated heterocycles. The van der Waals surface area contributed by atoms with Gasteiger partial charge in [-0.3, -0.25) is 9.69 Å². The number of carbonyl (C=O) groups excluding carboxylic acids is 2. The van der Waals surface area contributed by atoms with Gasteiger partial charge in [0.05, 0.1) is 6.54 Å². The molecule has 20 heavy (non-hydrogen) atoms. The van der Waals surface area contributed by atoms with E-state index in [2.05, 4.69) is 10.5 Å². The largest absolute Gasteiger partial charge is 0.361 e. The van der Waals surface area contributed by atoms with Gasteiger partial charge in [0.15, 0.2) is 0 Å². The average Bonchev–Trinajstić information content (AvgIpc) is 2.92. The van der Waals surface area contributed by atoms with Crippen LogP contribution >= 0.6 is 0 Å². The Bertz CT molecular complexity index is 554. The van der Waals surface area contributed by atoms with Crippen LogP contribution < -0.4 is 5.32 Å². The third kappa shape index (κ3) is 1.90. The summed E-state index contributed by atoms with van der Waals surface area (Å²) in [7, 11) is 0. The summed E-state index contributed by atoms with van der Waals surface area (Å²) in [5, 5.41) is 6.78. The fourth-order valence-electron chi connectivity index (χ4n) is 3.29. The number of hydrogen-bond acceptors (Lipinski definition) is 4. The van der Waals surface area contributed by atoms with Crippen LogP contribution in [0.3, 0.4) is 0 Å². The molecule has 1 aromatic heterocycles. The van der Waals surface area contributed by atoms with Gasteiger partial charge in [-0.05, 0) is 25.7 Å². The Kier molecular flexibility index (Phi) is 3.03. The number of carbonyl (C=O) groups is 2. The molecule has 6 nitrogen and oxygen atoms in total. The van der Waals surface area contributed by atoms with E-state index in [1.807, 2.05) is 6.92 Å². The summed E-state index contributed by atoms with van der Waals surface area (Å²) >= 11 is 0. The van der Waals surface area contributed by atoms with Gasteiger partial charge in [-0.15, -0.1) is 0 Å². The van der Waals surface area contributed by atoms with Crippen LogP contribution in [-0.2, 0) is 11.3 Å². The van der Waals surface area contributed by atoms with Crippen molar-refractivity contribution in [3.8, 4) is 0 Å². The smallest absolute Gasteiger partial charge is 0.325 e. The highest BCUT2D eigenvalue weighted by Gasteiger charge is 2.54. The standard InChI is InChI=1S/C14H19N3O3/c1-9-5-3-4-6-14(9)12(18)17(13(19)15-14)8-11-7-10(2)20-16-11/h7,9H,3-6,8H2,1-2H3,(H,15,19)/t9-,14-/m1/s1. The second-order valence-electron chi connectivity index (χ2n) is 5.87. The predicted octanol–water partition coefficient (Wildman–Crippen LogP) is 1.98. The number of urea groups is 1. The first-order valence-corrected chi connectivity index (χ1v) is 7.09. The monoisotopic (exact) mass is 277 g/mol. The molecule has 1 aromatic rings. The first-order valence-electron chi connectivity index (χ1n) is 7.09. The number of nitrogens with one attached hydrogen (secondary N) is 1. The summed E-state index contributed by atoms with van der Waals surface area (Å²) in [6, 6.07) is 1.43. The Balaban J connectivity index is 1.83. The number of amides is 3. The number of nitrogens with zero attached hydrogens (tertiary/aromatic N) is 2. The molecule has 1 aliphatic carbocycles. The first-order chi connectivity index (χ1) is 9.53. The van der Waals surface area contributed by atoms with Gasteiger partial charge in [-0.2, -0.15) is 0 Å². The Hall–Kier alpha value is -1.85. The number of hydrogen-bond donors (Lipinski definition) is 1. The highest BCUT2D eigenvalue weighted by molar-refractivity contribution is 6.07. The van der Waals surface area contributed by atoms with Crippen LogP contribution in [0.15, 0.2) is 10.6 Å². The second-order valence-corrected chi connectivity index (χ2v) is 5.87. The van der Waals surface area contributed by atoms with Crippen molar-refractivity contribution in [2.75, 3.05) is 0 Å². The van der Waals surface area contributed by atoms with Crippen molar-refractivity contribution in [3.63, 3.8) is 0 Å². The number of imide groups is 1. The van der Waals surface area contributed by atoms with Crippen LogP contribution in [-0.4, -0.2) is 27.5 Å². The summed E-state index contributed by atoms with van der Waals surface area (Å²) in [6.45, 7) is 4.00. The van der Waals surface area contributed by atoms with Crippen molar-refractivity contribution in [1.82, 2.24) is 15.4 Å². The van der Waals surface area contributed by atoms with Gasteiger partial charge in [-0.25, -0.2) is 4.79 Å². The van der Waals surface area contributed by atoms with Gasteiger partial charge >= 0.3 is 6.03 Å². The first kappa shape index (κ1) is 13.1. The van der Waals surface area contributed by atoms with Crippen LogP contribution in [0.4, 0.5) is 4.79 Å². The third-order valence-electron chi connectivity index (χ3n) is 4.50. The molecule has 2 aliphatic rings. The molecule has 2 fully saturated rings. The predicted molar refractivity (Wildman–Crippen MR) is 70.7 cm³/mol. The molecule has 108 valence electrons. The lowest BCUT2D eigenvalue weighted by Gasteiger charge is -2.36. The highest BCUT2D eigenvalue weighted by Crippen LogP contribution is 2.38. The summed E-state index contributed by atoms with van der Waals surface area (Å²) < 4.78 is 4.98. The lowest BCUT2D eigenvalue weighted by atomic mass is 9.73. The van der Waals surface area contributed by atoms with Gasteiger partial charge in [0.2, 0.25) is 0 Å². The molecule has 1 spiro atoms. The number of rotatable bonds is 2. The Morgan fingerprint density at radius 2 is 2.30 bits per heavy atom. The number of aromatic nitrogens is 1. The molecular formula is C14H19N3O3. The van der Waals surface area contributed by atoms with Gasteiger partial charge in [0.25, 0.3) is 5.91 Å². The van der Waals surface area contributed by atoms with Crippen LogP contribution in [0.1, 0.15) is 44.1 Å². The normalized spacial score (nSPS) is 30.1. The van der Waals surface area contributed by atoms with Crippen molar-refractivity contribution in [1.29, 1.82) is 0 Å². The summed E-state index contributed by atoms with van der Waals surface area (Å²) in [5.41, 5.74) is -0.0970. The minimum atomic E-state index is -0.700. The molecule has 0 bridgehead atoms. The van der Waals surface area contributed by atoms with Crippen molar-refractivity contribution < 1.29 is 14.1 Å². The molecule has 0 unspecified atom stereocenters. The average molecular weight is 277 g/mol. The van der Waals surface area contributed by atoms with Crippen molar-refractivity contribution in [2.45, 2.75) is 51.6 Å². The molecule has 3 amide bonds. The maximum atomic E-state index is 12.7. The van der Waals surface area contributed by atoms with E-state index >= 15 is 0 Å². The van der Waals surface area contributed by atoms with E-state index < -0.39 is 5.54 Å². The molecule has 3 rings (SSSR count). The van der Waals surface area contributed by atoms with Gasteiger partial charge in [-0.1, -0.05) is 24.9 Å². The Morgan fingerprint density at radius 3 is 2.95 bits per heavy atom. The van der Waals surface area contributed by atoms with E-state index in [1.165, 1.54) is 4.90 Å². The van der Waals surface area contributed by atoms with Crippen LogP contribution in [0.5, 0.6) is 0 Å². The van der Waals surface area contributed by atoms with Gasteiger partial charge < -0.3 is 9.84 Å². The fraction of sp³-hybridized carbons (Fsp3) is 0.643. The van der Waals surface area contributed by atoms with Crippen molar-refractivity contribution in [2.24, 2.45) is 5.92 Å². The molecule has 6 heteroatoms. The topological polar surface area (TPSA) is 75.4 Å². The minimum Gasteiger partial charge on any atom is -0.361 e. The third-order valence-corrected chi connectivity index (χ3v) is 4.50. The van der Waals surface area contributed by atoms with Crippen molar-refractivity contribution >= 4 is 11.9 Å². The van der Waals surface area contributed by atoms with Crippen LogP contribution in [0.25, 0.3) is 0 Å². The molecule has 1 N–H and O–H groups in total. The summed E-state index contributed by atoms with van der Waals surface area (Å²) in [4.78, 5) is 26.1. The maximum absolute atomic E-state index is 12.7. The highest BCUT2D eigenvalue weighted by atomic mass is 16.5. The molecule has 2 heterocycles. The second kappa shape index (κ2) is 4.61. The lowest BCUT2D eigenvalue weighted by Crippen LogP contribution is -2.53. The zero-order valence-corrected chi connectivity index (χ0v) is 11.8. The summed E-state index contributed by atoms with van der Waals surface area (Å²) in [5.74, 6) is 0.736. The lowest BCUT2D eigenvalue weighted by molar-refractivity contribution is -0.134. The van der Waals surface area contributed by atoms with E-state index in [-0.39, 0.29) is 24.4 Å². The van der Waals surface area contributed by atoms with E-state index in [0.717, 1.165) is 25.7 Å². The molecular weight excluding hydrogens is 258 g/mol. The quantitative estimate of drug-likeness (QED) is 0.839. The van der Waals surface area contributed by atoms with E-state index in [1.54, 1.807) is 13.0 Å². The molecule has 2 atom stereocenters. The van der Waals surface area contributed by atoms with E-state index in [9.17, 15) is 9.59 Å². The zero-order chi connectivity index (χ0) is 14.3. The van der Waals surface area contributed by atoms with E-state index in [0.29, 0.717) is 11.5 Å². The van der Waals surface area contributed by atoms with Gasteiger partial charge in [0, 0.05) is 6.07 Å². The Labute approximate surface area is 117 Å². The molecule has 1 aliphatic heterocycles. The molecule has 0 aromatic carbocycles. The Morgan fingerprint density at radius 1 is 1.50 bits per heavy atom.